The Labute approximate surface area is 115 Å². The van der Waals surface area contributed by atoms with Crippen LogP contribution in [-0.2, 0) is 0 Å². The molecule has 2 aromatic carbocycles. The molecular weight excluding hydrogens is 230 g/mol. The number of hydrogen-bond acceptors (Lipinski definition) is 1. The molecule has 1 heteroatoms. The predicted molar refractivity (Wildman–Crippen MR) is 81.3 cm³/mol. The SMILES string of the molecule is CC(C#N)=CC=Cc1ccccc1.c1ccccc1. The van der Waals surface area contributed by atoms with E-state index in [4.69, 9.17) is 5.26 Å². The number of allylic oxidation sites excluding steroid dienone is 3. The Balaban J connectivity index is 0.000000250. The van der Waals surface area contributed by atoms with Crippen LogP contribution in [0.15, 0.2) is 84.5 Å². The van der Waals surface area contributed by atoms with Crippen molar-refractivity contribution in [2.45, 2.75) is 6.92 Å². The van der Waals surface area contributed by atoms with Gasteiger partial charge in [0.2, 0.25) is 0 Å². The van der Waals surface area contributed by atoms with Gasteiger partial charge in [0.25, 0.3) is 0 Å². The van der Waals surface area contributed by atoms with Crippen molar-refractivity contribution in [3.8, 4) is 6.07 Å². The van der Waals surface area contributed by atoms with Crippen LogP contribution >= 0.6 is 0 Å². The van der Waals surface area contributed by atoms with Gasteiger partial charge in [0.05, 0.1) is 6.07 Å². The van der Waals surface area contributed by atoms with Gasteiger partial charge in [-0.05, 0) is 18.6 Å². The number of nitriles is 1. The standard InChI is InChI=1S/C12H11N.C6H6/c1-11(10-13)6-5-9-12-7-3-2-4-8-12;1-2-4-6-5-3-1/h2-9H,1H3;1-6H. The van der Waals surface area contributed by atoms with Crippen molar-refractivity contribution in [3.05, 3.63) is 90.0 Å². The van der Waals surface area contributed by atoms with Crippen LogP contribution in [0.2, 0.25) is 0 Å². The van der Waals surface area contributed by atoms with Crippen molar-refractivity contribution in [1.82, 2.24) is 0 Å². The summed E-state index contributed by atoms with van der Waals surface area (Å²) in [5, 5.41) is 8.48. The quantitative estimate of drug-likeness (QED) is 0.549. The van der Waals surface area contributed by atoms with Gasteiger partial charge in [-0.25, -0.2) is 0 Å². The van der Waals surface area contributed by atoms with E-state index in [0.29, 0.717) is 5.57 Å². The summed E-state index contributed by atoms with van der Waals surface area (Å²) in [6.07, 6.45) is 5.65. The van der Waals surface area contributed by atoms with Gasteiger partial charge < -0.3 is 0 Å². The Morgan fingerprint density at radius 2 is 1.37 bits per heavy atom. The fraction of sp³-hybridized carbons (Fsp3) is 0.0556. The summed E-state index contributed by atoms with van der Waals surface area (Å²) in [6, 6.07) is 24.1. The van der Waals surface area contributed by atoms with E-state index in [9.17, 15) is 0 Å². The maximum Gasteiger partial charge on any atom is 0.0944 e. The predicted octanol–water partition coefficient (Wildman–Crippen LogP) is 4.86. The molecule has 1 nitrogen and oxygen atoms in total. The second-order valence-corrected chi connectivity index (χ2v) is 3.89. The molecule has 0 unspecified atom stereocenters. The molecule has 94 valence electrons. The van der Waals surface area contributed by atoms with Crippen LogP contribution in [0.5, 0.6) is 0 Å². The van der Waals surface area contributed by atoms with Crippen molar-refractivity contribution < 1.29 is 0 Å². The molecule has 0 saturated heterocycles. The third kappa shape index (κ3) is 7.36. The maximum absolute atomic E-state index is 8.48. The van der Waals surface area contributed by atoms with Crippen molar-refractivity contribution in [3.63, 3.8) is 0 Å². The van der Waals surface area contributed by atoms with Crippen molar-refractivity contribution in [1.29, 1.82) is 5.26 Å². The molecule has 0 fully saturated rings. The summed E-state index contributed by atoms with van der Waals surface area (Å²) in [5.74, 6) is 0. The molecule has 0 bridgehead atoms. The van der Waals surface area contributed by atoms with E-state index < -0.39 is 0 Å². The number of rotatable bonds is 2. The molecule has 2 aromatic rings. The minimum atomic E-state index is 0.715. The molecule has 0 saturated carbocycles. The van der Waals surface area contributed by atoms with Crippen molar-refractivity contribution in [2.75, 3.05) is 0 Å². The zero-order valence-corrected chi connectivity index (χ0v) is 11.0. The lowest BCUT2D eigenvalue weighted by molar-refractivity contribution is 1.44. The molecule has 0 aromatic heterocycles. The third-order valence-corrected chi connectivity index (χ3v) is 2.28. The van der Waals surface area contributed by atoms with Gasteiger partial charge in [0.15, 0.2) is 0 Å². The molecule has 19 heavy (non-hydrogen) atoms. The second-order valence-electron chi connectivity index (χ2n) is 3.89. The zero-order valence-electron chi connectivity index (χ0n) is 11.0. The molecule has 0 amide bonds. The first kappa shape index (κ1) is 14.5. The van der Waals surface area contributed by atoms with E-state index >= 15 is 0 Å². The number of nitrogens with zero attached hydrogens (tertiary/aromatic N) is 1. The topological polar surface area (TPSA) is 23.8 Å². The van der Waals surface area contributed by atoms with E-state index in [2.05, 4.69) is 6.07 Å². The Morgan fingerprint density at radius 1 is 0.895 bits per heavy atom. The van der Waals surface area contributed by atoms with Gasteiger partial charge in [0, 0.05) is 5.57 Å². The van der Waals surface area contributed by atoms with Gasteiger partial charge in [-0.1, -0.05) is 78.9 Å². The highest BCUT2D eigenvalue weighted by molar-refractivity contribution is 5.51. The van der Waals surface area contributed by atoms with Crippen LogP contribution in [0.25, 0.3) is 6.08 Å². The Morgan fingerprint density at radius 3 is 1.84 bits per heavy atom. The molecule has 0 heterocycles. The highest BCUT2D eigenvalue weighted by Gasteiger charge is 1.81. The largest absolute Gasteiger partial charge is 0.193 e. The highest BCUT2D eigenvalue weighted by Crippen LogP contribution is 2.01. The van der Waals surface area contributed by atoms with Crippen LogP contribution in [0, 0.1) is 11.3 Å². The minimum Gasteiger partial charge on any atom is -0.193 e. The first-order valence-corrected chi connectivity index (χ1v) is 6.13. The fourth-order valence-electron chi connectivity index (χ4n) is 1.29. The van der Waals surface area contributed by atoms with Crippen LogP contribution < -0.4 is 0 Å². The molecule has 0 aliphatic carbocycles. The van der Waals surface area contributed by atoms with Crippen LogP contribution in [0.4, 0.5) is 0 Å². The van der Waals surface area contributed by atoms with Gasteiger partial charge in [-0.2, -0.15) is 5.26 Å². The summed E-state index contributed by atoms with van der Waals surface area (Å²) < 4.78 is 0. The van der Waals surface area contributed by atoms with Gasteiger partial charge in [-0.15, -0.1) is 0 Å². The molecular formula is C18H17N. The van der Waals surface area contributed by atoms with Gasteiger partial charge >= 0.3 is 0 Å². The minimum absolute atomic E-state index is 0.715. The molecule has 0 N–H and O–H groups in total. The first-order valence-electron chi connectivity index (χ1n) is 6.13. The van der Waals surface area contributed by atoms with Crippen LogP contribution in [0.3, 0.4) is 0 Å². The molecule has 0 atom stereocenters. The fourth-order valence-corrected chi connectivity index (χ4v) is 1.29. The van der Waals surface area contributed by atoms with Crippen LogP contribution in [0.1, 0.15) is 12.5 Å². The summed E-state index contributed by atoms with van der Waals surface area (Å²) in [5.41, 5.74) is 1.86. The third-order valence-electron chi connectivity index (χ3n) is 2.28. The van der Waals surface area contributed by atoms with Gasteiger partial charge in [0.1, 0.15) is 0 Å². The van der Waals surface area contributed by atoms with E-state index in [1.807, 2.05) is 78.9 Å². The van der Waals surface area contributed by atoms with Crippen molar-refractivity contribution >= 4 is 6.08 Å². The van der Waals surface area contributed by atoms with E-state index in [-0.39, 0.29) is 0 Å². The van der Waals surface area contributed by atoms with Crippen molar-refractivity contribution in [2.24, 2.45) is 0 Å². The number of benzene rings is 2. The van der Waals surface area contributed by atoms with E-state index in [1.165, 1.54) is 0 Å². The van der Waals surface area contributed by atoms with Crippen LogP contribution in [-0.4, -0.2) is 0 Å². The van der Waals surface area contributed by atoms with E-state index in [1.54, 1.807) is 13.0 Å². The lowest BCUT2D eigenvalue weighted by atomic mass is 10.2. The number of hydrogen-bond donors (Lipinski definition) is 0. The normalized spacial score (nSPS) is 10.4. The van der Waals surface area contributed by atoms with Gasteiger partial charge in [-0.3, -0.25) is 0 Å². The smallest absolute Gasteiger partial charge is 0.0944 e. The first-order chi connectivity index (χ1) is 9.33. The lowest BCUT2D eigenvalue weighted by Gasteiger charge is -1.88. The highest BCUT2D eigenvalue weighted by atomic mass is 14.2. The summed E-state index contributed by atoms with van der Waals surface area (Å²) in [4.78, 5) is 0. The second kappa shape index (κ2) is 9.44. The Bertz CT molecular complexity index is 519. The average Bonchev–Trinajstić information content (AvgIpc) is 2.50. The summed E-state index contributed by atoms with van der Waals surface area (Å²) >= 11 is 0. The summed E-state index contributed by atoms with van der Waals surface area (Å²) in [7, 11) is 0. The maximum atomic E-state index is 8.48. The molecule has 0 aliphatic rings. The molecule has 0 aliphatic heterocycles. The Hall–Kier alpha value is -2.59. The summed E-state index contributed by atoms with van der Waals surface area (Å²) in [6.45, 7) is 1.79. The van der Waals surface area contributed by atoms with E-state index in [0.717, 1.165) is 5.56 Å². The Kier molecular flexibility index (Phi) is 7.19. The lowest BCUT2D eigenvalue weighted by Crippen LogP contribution is -1.68. The zero-order chi connectivity index (χ0) is 13.8. The molecule has 0 spiro atoms. The monoisotopic (exact) mass is 247 g/mol. The molecule has 0 radical (unpaired) electrons. The average molecular weight is 247 g/mol. The molecule has 2 rings (SSSR count).